The van der Waals surface area contributed by atoms with Crippen LogP contribution in [0.5, 0.6) is 0 Å². The molecule has 2 amide bonds. The lowest BCUT2D eigenvalue weighted by molar-refractivity contribution is 0.189. The highest BCUT2D eigenvalue weighted by molar-refractivity contribution is 5.82. The Labute approximate surface area is 88.6 Å². The summed E-state index contributed by atoms with van der Waals surface area (Å²) in [5, 5.41) is 8.33. The van der Waals surface area contributed by atoms with Crippen molar-refractivity contribution in [2.75, 3.05) is 13.1 Å². The maximum atomic E-state index is 11.3. The van der Waals surface area contributed by atoms with Crippen LogP contribution in [0, 0.1) is 0 Å². The van der Waals surface area contributed by atoms with E-state index >= 15 is 0 Å². The van der Waals surface area contributed by atoms with Gasteiger partial charge < -0.3 is 5.32 Å². The van der Waals surface area contributed by atoms with E-state index in [0.29, 0.717) is 6.54 Å². The van der Waals surface area contributed by atoms with Crippen molar-refractivity contribution in [2.24, 2.45) is 5.10 Å². The van der Waals surface area contributed by atoms with Crippen LogP contribution in [0.2, 0.25) is 0 Å². The number of nitrogens with zero attached hydrogens (tertiary/aromatic N) is 2. The smallest absolute Gasteiger partial charge is 0.336 e. The molecule has 1 fully saturated rings. The van der Waals surface area contributed by atoms with Crippen LogP contribution in [0.15, 0.2) is 35.4 Å². The van der Waals surface area contributed by atoms with Crippen molar-refractivity contribution in [1.82, 2.24) is 10.3 Å². The van der Waals surface area contributed by atoms with Crippen LogP contribution in [0.1, 0.15) is 12.0 Å². The quantitative estimate of drug-likeness (QED) is 0.726. The minimum Gasteiger partial charge on any atom is -0.336 e. The Bertz CT molecular complexity index is 361. The topological polar surface area (TPSA) is 44.7 Å². The lowest BCUT2D eigenvalue weighted by atomic mass is 10.2. The van der Waals surface area contributed by atoms with E-state index in [9.17, 15) is 4.79 Å². The highest BCUT2D eigenvalue weighted by atomic mass is 16.2. The summed E-state index contributed by atoms with van der Waals surface area (Å²) in [6, 6.07) is 9.62. The Hall–Kier alpha value is -1.84. The highest BCUT2D eigenvalue weighted by Gasteiger charge is 2.15. The van der Waals surface area contributed by atoms with E-state index in [1.54, 1.807) is 6.21 Å². The number of carbonyl (C=O) groups excluding carboxylic acids is 1. The zero-order chi connectivity index (χ0) is 10.5. The van der Waals surface area contributed by atoms with Crippen molar-refractivity contribution in [1.29, 1.82) is 0 Å². The molecule has 1 N–H and O–H groups in total. The van der Waals surface area contributed by atoms with Crippen molar-refractivity contribution in [2.45, 2.75) is 6.42 Å². The number of benzene rings is 1. The molecule has 0 aromatic heterocycles. The monoisotopic (exact) mass is 203 g/mol. The fourth-order valence-electron chi connectivity index (χ4n) is 1.40. The third-order valence-corrected chi connectivity index (χ3v) is 2.20. The van der Waals surface area contributed by atoms with E-state index < -0.39 is 0 Å². The van der Waals surface area contributed by atoms with E-state index in [0.717, 1.165) is 18.5 Å². The number of rotatable bonds is 2. The highest BCUT2D eigenvalue weighted by Crippen LogP contribution is 2.00. The van der Waals surface area contributed by atoms with Crippen LogP contribution in [0.25, 0.3) is 0 Å². The van der Waals surface area contributed by atoms with Gasteiger partial charge >= 0.3 is 6.03 Å². The number of carbonyl (C=O) groups is 1. The molecule has 0 atom stereocenters. The minimum atomic E-state index is -0.117. The maximum absolute atomic E-state index is 11.3. The van der Waals surface area contributed by atoms with Crippen LogP contribution in [-0.4, -0.2) is 30.3 Å². The van der Waals surface area contributed by atoms with Gasteiger partial charge in [-0.25, -0.2) is 9.80 Å². The summed E-state index contributed by atoms with van der Waals surface area (Å²) in [5.41, 5.74) is 0.996. The fraction of sp³-hybridized carbons (Fsp3) is 0.273. The Morgan fingerprint density at radius 3 is 2.87 bits per heavy atom. The van der Waals surface area contributed by atoms with Gasteiger partial charge in [-0.3, -0.25) is 0 Å². The first-order valence-electron chi connectivity index (χ1n) is 5.01. The standard InChI is InChI=1S/C11H13N3O/c15-11-12-7-4-8-14(11)13-9-10-5-2-1-3-6-10/h1-3,5-6,9H,4,7-8H2,(H,12,15). The second-order valence-electron chi connectivity index (χ2n) is 3.36. The molecule has 0 radical (unpaired) electrons. The van der Waals surface area contributed by atoms with Crippen molar-refractivity contribution >= 4 is 12.2 Å². The third-order valence-electron chi connectivity index (χ3n) is 2.20. The van der Waals surface area contributed by atoms with Crippen LogP contribution < -0.4 is 5.32 Å². The SMILES string of the molecule is O=C1NCCCN1N=Cc1ccccc1. The molecule has 15 heavy (non-hydrogen) atoms. The fourth-order valence-corrected chi connectivity index (χ4v) is 1.40. The molecule has 4 heteroatoms. The number of amides is 2. The van der Waals surface area contributed by atoms with Gasteiger partial charge in [-0.05, 0) is 12.0 Å². The predicted molar refractivity (Wildman–Crippen MR) is 58.8 cm³/mol. The van der Waals surface area contributed by atoms with Crippen molar-refractivity contribution < 1.29 is 4.79 Å². The maximum Gasteiger partial charge on any atom is 0.337 e. The van der Waals surface area contributed by atoms with Gasteiger partial charge in [0, 0.05) is 13.1 Å². The summed E-state index contributed by atoms with van der Waals surface area (Å²) >= 11 is 0. The molecule has 1 aromatic carbocycles. The molecule has 0 bridgehead atoms. The molecule has 0 unspecified atom stereocenters. The summed E-state index contributed by atoms with van der Waals surface area (Å²) in [4.78, 5) is 11.3. The molecule has 2 rings (SSSR count). The van der Waals surface area contributed by atoms with E-state index in [4.69, 9.17) is 0 Å². The molecular formula is C11H13N3O. The number of hydrazone groups is 1. The average molecular weight is 203 g/mol. The summed E-state index contributed by atoms with van der Waals surface area (Å²) in [6.07, 6.45) is 2.64. The Kier molecular flexibility index (Phi) is 2.97. The van der Waals surface area contributed by atoms with Crippen molar-refractivity contribution in [3.8, 4) is 0 Å². The van der Waals surface area contributed by atoms with Gasteiger partial charge in [-0.15, -0.1) is 0 Å². The zero-order valence-corrected chi connectivity index (χ0v) is 8.39. The Morgan fingerprint density at radius 2 is 2.13 bits per heavy atom. The van der Waals surface area contributed by atoms with E-state index in [1.165, 1.54) is 5.01 Å². The molecule has 1 aliphatic heterocycles. The average Bonchev–Trinajstić information content (AvgIpc) is 2.29. The first-order chi connectivity index (χ1) is 7.36. The van der Waals surface area contributed by atoms with Gasteiger partial charge in [0.05, 0.1) is 6.21 Å². The third kappa shape index (κ3) is 2.56. The second-order valence-corrected chi connectivity index (χ2v) is 3.36. The molecule has 1 heterocycles. The summed E-state index contributed by atoms with van der Waals surface area (Å²) in [6.45, 7) is 1.44. The van der Waals surface area contributed by atoms with Crippen LogP contribution in [-0.2, 0) is 0 Å². The largest absolute Gasteiger partial charge is 0.337 e. The van der Waals surface area contributed by atoms with Gasteiger partial charge in [0.25, 0.3) is 0 Å². The van der Waals surface area contributed by atoms with E-state index in [-0.39, 0.29) is 6.03 Å². The Balaban J connectivity index is 2.01. The van der Waals surface area contributed by atoms with Crippen molar-refractivity contribution in [3.05, 3.63) is 35.9 Å². The van der Waals surface area contributed by atoms with Gasteiger partial charge in [-0.2, -0.15) is 5.10 Å². The number of nitrogens with one attached hydrogen (secondary N) is 1. The van der Waals surface area contributed by atoms with Gasteiger partial charge in [0.15, 0.2) is 0 Å². The van der Waals surface area contributed by atoms with Crippen LogP contribution >= 0.6 is 0 Å². The number of urea groups is 1. The molecule has 1 aliphatic rings. The van der Waals surface area contributed by atoms with E-state index in [1.807, 2.05) is 30.3 Å². The van der Waals surface area contributed by atoms with Gasteiger partial charge in [0.1, 0.15) is 0 Å². The Morgan fingerprint density at radius 1 is 1.33 bits per heavy atom. The molecule has 1 aromatic rings. The first kappa shape index (κ1) is 9.71. The predicted octanol–water partition coefficient (Wildman–Crippen LogP) is 1.44. The molecule has 0 aliphatic carbocycles. The molecule has 78 valence electrons. The van der Waals surface area contributed by atoms with Crippen molar-refractivity contribution in [3.63, 3.8) is 0 Å². The molecule has 0 saturated carbocycles. The summed E-state index contributed by atoms with van der Waals surface area (Å²) in [5.74, 6) is 0. The minimum absolute atomic E-state index is 0.117. The molecular weight excluding hydrogens is 190 g/mol. The van der Waals surface area contributed by atoms with E-state index in [2.05, 4.69) is 10.4 Å². The van der Waals surface area contributed by atoms with Gasteiger partial charge in [-0.1, -0.05) is 30.3 Å². The zero-order valence-electron chi connectivity index (χ0n) is 8.39. The molecule has 4 nitrogen and oxygen atoms in total. The van der Waals surface area contributed by atoms with Crippen LogP contribution in [0.3, 0.4) is 0 Å². The molecule has 1 saturated heterocycles. The normalized spacial score (nSPS) is 16.8. The number of hydrogen-bond acceptors (Lipinski definition) is 2. The summed E-state index contributed by atoms with van der Waals surface area (Å²) < 4.78 is 0. The second kappa shape index (κ2) is 4.59. The first-order valence-corrected chi connectivity index (χ1v) is 5.01. The van der Waals surface area contributed by atoms with Gasteiger partial charge in [0.2, 0.25) is 0 Å². The summed E-state index contributed by atoms with van der Waals surface area (Å²) in [7, 11) is 0. The number of hydrogen-bond donors (Lipinski definition) is 1. The lowest BCUT2D eigenvalue weighted by Crippen LogP contribution is -2.43. The molecule has 0 spiro atoms. The lowest BCUT2D eigenvalue weighted by Gasteiger charge is -2.22. The van der Waals surface area contributed by atoms with Crippen LogP contribution in [0.4, 0.5) is 4.79 Å².